The molecule has 2 aromatic heterocycles. The van der Waals surface area contributed by atoms with Gasteiger partial charge in [-0.05, 0) is 18.6 Å². The molecule has 0 spiro atoms. The topological polar surface area (TPSA) is 30.2 Å². The fourth-order valence-electron chi connectivity index (χ4n) is 1.14. The van der Waals surface area contributed by atoms with Crippen molar-refractivity contribution in [3.05, 3.63) is 36.9 Å². The van der Waals surface area contributed by atoms with Gasteiger partial charge in [-0.1, -0.05) is 6.58 Å². The van der Waals surface area contributed by atoms with Gasteiger partial charge < -0.3 is 0 Å². The predicted octanol–water partition coefficient (Wildman–Crippen LogP) is 1.76. The van der Waals surface area contributed by atoms with Crippen LogP contribution in [0.1, 0.15) is 12.6 Å². The summed E-state index contributed by atoms with van der Waals surface area (Å²) >= 11 is 0. The van der Waals surface area contributed by atoms with Crippen LogP contribution in [0.4, 0.5) is 0 Å². The molecule has 0 bridgehead atoms. The smallest absolute Gasteiger partial charge is 0.234 e. The zero-order chi connectivity index (χ0) is 8.55. The van der Waals surface area contributed by atoms with E-state index in [2.05, 4.69) is 16.5 Å². The first-order valence-electron chi connectivity index (χ1n) is 3.73. The van der Waals surface area contributed by atoms with Crippen LogP contribution in [-0.4, -0.2) is 14.4 Å². The zero-order valence-corrected chi connectivity index (χ0v) is 6.86. The molecule has 0 radical (unpaired) electrons. The summed E-state index contributed by atoms with van der Waals surface area (Å²) in [6, 6.07) is 1.88. The van der Waals surface area contributed by atoms with E-state index < -0.39 is 0 Å². The average molecular weight is 159 g/mol. The summed E-state index contributed by atoms with van der Waals surface area (Å²) < 4.78 is 1.92. The lowest BCUT2D eigenvalue weighted by Gasteiger charge is -1.97. The zero-order valence-electron chi connectivity index (χ0n) is 6.86. The number of hydrogen-bond acceptors (Lipinski definition) is 2. The van der Waals surface area contributed by atoms with E-state index in [0.29, 0.717) is 0 Å². The minimum atomic E-state index is 0.718. The molecule has 0 unspecified atom stereocenters. The second kappa shape index (κ2) is 2.44. The maximum atomic E-state index is 4.13. The maximum absolute atomic E-state index is 4.13. The number of fused-ring (bicyclic) bond motifs is 1. The van der Waals surface area contributed by atoms with Crippen LogP contribution >= 0.6 is 0 Å². The van der Waals surface area contributed by atoms with Gasteiger partial charge in [0, 0.05) is 12.4 Å². The largest absolute Gasteiger partial charge is 0.284 e. The van der Waals surface area contributed by atoms with E-state index in [1.165, 1.54) is 0 Å². The number of hydrogen-bond donors (Lipinski definition) is 0. The molecule has 0 aliphatic heterocycles. The molecule has 12 heavy (non-hydrogen) atoms. The molecule has 0 atom stereocenters. The minimum Gasteiger partial charge on any atom is -0.284 e. The minimum absolute atomic E-state index is 0.718. The van der Waals surface area contributed by atoms with Crippen LogP contribution in [0.5, 0.6) is 0 Å². The van der Waals surface area contributed by atoms with Gasteiger partial charge in [-0.3, -0.25) is 4.40 Å². The highest BCUT2D eigenvalue weighted by Crippen LogP contribution is 2.11. The average Bonchev–Trinajstić information content (AvgIpc) is 2.47. The van der Waals surface area contributed by atoms with Gasteiger partial charge in [0.05, 0.1) is 11.9 Å². The lowest BCUT2D eigenvalue weighted by Crippen LogP contribution is -1.90. The van der Waals surface area contributed by atoms with Gasteiger partial charge in [0.15, 0.2) is 0 Å². The third kappa shape index (κ3) is 0.906. The van der Waals surface area contributed by atoms with E-state index in [1.54, 1.807) is 12.4 Å². The molecule has 60 valence electrons. The van der Waals surface area contributed by atoms with E-state index >= 15 is 0 Å². The third-order valence-electron chi connectivity index (χ3n) is 1.73. The summed E-state index contributed by atoms with van der Waals surface area (Å²) in [4.78, 5) is 8.23. The van der Waals surface area contributed by atoms with Crippen LogP contribution < -0.4 is 0 Å². The summed E-state index contributed by atoms with van der Waals surface area (Å²) in [7, 11) is 0. The maximum Gasteiger partial charge on any atom is 0.234 e. The number of rotatable bonds is 1. The van der Waals surface area contributed by atoms with Crippen LogP contribution in [0.3, 0.4) is 0 Å². The molecule has 0 aliphatic carbocycles. The molecule has 0 saturated heterocycles. The highest BCUT2D eigenvalue weighted by atomic mass is 15.1. The van der Waals surface area contributed by atoms with Crippen LogP contribution in [0.15, 0.2) is 31.2 Å². The molecule has 0 aliphatic rings. The highest BCUT2D eigenvalue weighted by Gasteiger charge is 2.01. The molecule has 0 amide bonds. The quantitative estimate of drug-likeness (QED) is 0.634. The summed E-state index contributed by atoms with van der Waals surface area (Å²) in [5.41, 5.74) is 2.01. The van der Waals surface area contributed by atoms with Crippen molar-refractivity contribution < 1.29 is 0 Å². The van der Waals surface area contributed by atoms with Crippen LogP contribution in [0.25, 0.3) is 11.4 Å². The van der Waals surface area contributed by atoms with Crippen molar-refractivity contribution in [1.29, 1.82) is 0 Å². The van der Waals surface area contributed by atoms with Crippen molar-refractivity contribution >= 4 is 11.4 Å². The Morgan fingerprint density at radius 2 is 2.33 bits per heavy atom. The Balaban J connectivity index is 2.79. The molecule has 0 fully saturated rings. The Bertz CT molecular complexity index is 428. The fourth-order valence-corrected chi connectivity index (χ4v) is 1.14. The SMILES string of the molecule is C=C(C)c1cnc2ncccn12. The van der Waals surface area contributed by atoms with Gasteiger partial charge in [0.2, 0.25) is 5.78 Å². The Kier molecular flexibility index (Phi) is 1.43. The van der Waals surface area contributed by atoms with Crippen molar-refractivity contribution in [3.8, 4) is 0 Å². The molecular formula is C9H9N3. The van der Waals surface area contributed by atoms with Crippen molar-refractivity contribution in [2.75, 3.05) is 0 Å². The summed E-state index contributed by atoms with van der Waals surface area (Å²) in [6.07, 6.45) is 5.44. The molecule has 0 aromatic carbocycles. The summed E-state index contributed by atoms with van der Waals surface area (Å²) in [6.45, 7) is 5.81. The van der Waals surface area contributed by atoms with E-state index in [9.17, 15) is 0 Å². The second-order valence-corrected chi connectivity index (χ2v) is 2.71. The van der Waals surface area contributed by atoms with E-state index in [1.807, 2.05) is 23.6 Å². The molecular weight excluding hydrogens is 150 g/mol. The molecule has 2 aromatic rings. The molecule has 3 heteroatoms. The van der Waals surface area contributed by atoms with Crippen LogP contribution in [0.2, 0.25) is 0 Å². The Morgan fingerprint density at radius 3 is 3.08 bits per heavy atom. The van der Waals surface area contributed by atoms with Crippen molar-refractivity contribution in [1.82, 2.24) is 14.4 Å². The van der Waals surface area contributed by atoms with Gasteiger partial charge in [-0.25, -0.2) is 9.97 Å². The first-order chi connectivity index (χ1) is 5.79. The Morgan fingerprint density at radius 1 is 1.50 bits per heavy atom. The Hall–Kier alpha value is -1.64. The van der Waals surface area contributed by atoms with Gasteiger partial charge in [0.1, 0.15) is 0 Å². The van der Waals surface area contributed by atoms with E-state index in [0.717, 1.165) is 17.0 Å². The van der Waals surface area contributed by atoms with Gasteiger partial charge in [0.25, 0.3) is 0 Å². The number of allylic oxidation sites excluding steroid dienone is 1. The number of nitrogens with zero attached hydrogens (tertiary/aromatic N) is 3. The highest BCUT2D eigenvalue weighted by molar-refractivity contribution is 5.60. The normalized spacial score (nSPS) is 10.4. The fraction of sp³-hybridized carbons (Fsp3) is 0.111. The lowest BCUT2D eigenvalue weighted by molar-refractivity contribution is 1.09. The predicted molar refractivity (Wildman–Crippen MR) is 47.7 cm³/mol. The monoisotopic (exact) mass is 159 g/mol. The number of aromatic nitrogens is 3. The van der Waals surface area contributed by atoms with E-state index in [-0.39, 0.29) is 0 Å². The van der Waals surface area contributed by atoms with Gasteiger partial charge in [-0.2, -0.15) is 0 Å². The van der Waals surface area contributed by atoms with E-state index in [4.69, 9.17) is 0 Å². The van der Waals surface area contributed by atoms with Gasteiger partial charge in [-0.15, -0.1) is 0 Å². The molecule has 0 saturated carbocycles. The summed E-state index contributed by atoms with van der Waals surface area (Å²) in [5.74, 6) is 0.718. The molecule has 0 N–H and O–H groups in total. The van der Waals surface area contributed by atoms with Crippen LogP contribution in [-0.2, 0) is 0 Å². The van der Waals surface area contributed by atoms with Crippen molar-refractivity contribution in [3.63, 3.8) is 0 Å². The third-order valence-corrected chi connectivity index (χ3v) is 1.73. The van der Waals surface area contributed by atoms with Gasteiger partial charge >= 0.3 is 0 Å². The number of imidazole rings is 1. The van der Waals surface area contributed by atoms with Crippen molar-refractivity contribution in [2.45, 2.75) is 6.92 Å². The summed E-state index contributed by atoms with van der Waals surface area (Å²) in [5, 5.41) is 0. The van der Waals surface area contributed by atoms with Crippen LogP contribution in [0, 0.1) is 0 Å². The molecule has 2 heterocycles. The second-order valence-electron chi connectivity index (χ2n) is 2.71. The molecule has 3 nitrogen and oxygen atoms in total. The standard InChI is InChI=1S/C9H9N3/c1-7(2)8-6-11-9-10-4-3-5-12(8)9/h3-6H,1H2,2H3. The first kappa shape index (κ1) is 7.03. The molecule has 2 rings (SSSR count). The lowest BCUT2D eigenvalue weighted by atomic mass is 10.3. The first-order valence-corrected chi connectivity index (χ1v) is 3.73. The Labute approximate surface area is 70.4 Å². The van der Waals surface area contributed by atoms with Crippen molar-refractivity contribution in [2.24, 2.45) is 0 Å².